The Balaban J connectivity index is 2.61. The van der Waals surface area contributed by atoms with E-state index in [4.69, 9.17) is 11.6 Å². The third kappa shape index (κ3) is 4.91. The molecule has 0 saturated heterocycles. The fourth-order valence-corrected chi connectivity index (χ4v) is 1.49. The SMILES string of the molecule is CC(NC(=O)C(C)(C)C)C(=O)Nc1cccc(Cl)c1. The summed E-state index contributed by atoms with van der Waals surface area (Å²) in [5.74, 6) is -0.443. The second kappa shape index (κ2) is 6.06. The van der Waals surface area contributed by atoms with Gasteiger partial charge in [-0.3, -0.25) is 9.59 Å². The van der Waals surface area contributed by atoms with E-state index in [0.29, 0.717) is 10.7 Å². The second-order valence-corrected chi connectivity index (χ2v) is 5.88. The number of rotatable bonds is 3. The largest absolute Gasteiger partial charge is 0.344 e. The molecule has 0 fully saturated rings. The fraction of sp³-hybridized carbons (Fsp3) is 0.429. The number of amides is 2. The molecule has 0 bridgehead atoms. The summed E-state index contributed by atoms with van der Waals surface area (Å²) >= 11 is 5.83. The average Bonchev–Trinajstić information content (AvgIpc) is 2.27. The van der Waals surface area contributed by atoms with Gasteiger partial charge < -0.3 is 10.6 Å². The molecule has 19 heavy (non-hydrogen) atoms. The van der Waals surface area contributed by atoms with Gasteiger partial charge in [0, 0.05) is 16.1 Å². The van der Waals surface area contributed by atoms with E-state index in [1.807, 2.05) is 0 Å². The molecule has 1 unspecified atom stereocenters. The van der Waals surface area contributed by atoms with Crippen LogP contribution in [0.1, 0.15) is 27.7 Å². The summed E-state index contributed by atoms with van der Waals surface area (Å²) in [6, 6.07) is 6.25. The molecule has 1 aromatic carbocycles. The van der Waals surface area contributed by atoms with Crippen molar-refractivity contribution in [1.82, 2.24) is 5.32 Å². The van der Waals surface area contributed by atoms with Crippen molar-refractivity contribution in [2.45, 2.75) is 33.7 Å². The van der Waals surface area contributed by atoms with Gasteiger partial charge in [-0.2, -0.15) is 0 Å². The third-order valence-corrected chi connectivity index (χ3v) is 2.75. The van der Waals surface area contributed by atoms with Crippen LogP contribution in [-0.4, -0.2) is 17.9 Å². The van der Waals surface area contributed by atoms with E-state index in [1.165, 1.54) is 0 Å². The van der Waals surface area contributed by atoms with Crippen molar-refractivity contribution < 1.29 is 9.59 Å². The molecular weight excluding hydrogens is 264 g/mol. The Morgan fingerprint density at radius 3 is 2.42 bits per heavy atom. The maximum atomic E-state index is 11.9. The molecular formula is C14H19ClN2O2. The van der Waals surface area contributed by atoms with Crippen molar-refractivity contribution in [3.63, 3.8) is 0 Å². The molecule has 5 heteroatoms. The standard InChI is InChI=1S/C14H19ClN2O2/c1-9(16-13(19)14(2,3)4)12(18)17-11-7-5-6-10(15)8-11/h5-9H,1-4H3,(H,16,19)(H,17,18). The summed E-state index contributed by atoms with van der Waals surface area (Å²) in [6.07, 6.45) is 0. The number of hydrogen-bond acceptors (Lipinski definition) is 2. The first-order valence-corrected chi connectivity index (χ1v) is 6.45. The van der Waals surface area contributed by atoms with Crippen molar-refractivity contribution in [2.75, 3.05) is 5.32 Å². The van der Waals surface area contributed by atoms with E-state index >= 15 is 0 Å². The molecule has 2 amide bonds. The van der Waals surface area contributed by atoms with Crippen LogP contribution >= 0.6 is 11.6 Å². The molecule has 0 spiro atoms. The zero-order valence-electron chi connectivity index (χ0n) is 11.6. The molecule has 1 atom stereocenters. The van der Waals surface area contributed by atoms with Crippen LogP contribution in [-0.2, 0) is 9.59 Å². The van der Waals surface area contributed by atoms with Crippen LogP contribution in [0, 0.1) is 5.41 Å². The molecule has 0 aliphatic carbocycles. The molecule has 1 rings (SSSR count). The van der Waals surface area contributed by atoms with E-state index < -0.39 is 11.5 Å². The van der Waals surface area contributed by atoms with Crippen LogP contribution in [0.4, 0.5) is 5.69 Å². The Hall–Kier alpha value is -1.55. The molecule has 0 aromatic heterocycles. The highest BCUT2D eigenvalue weighted by atomic mass is 35.5. The second-order valence-electron chi connectivity index (χ2n) is 5.44. The minimum absolute atomic E-state index is 0.166. The lowest BCUT2D eigenvalue weighted by Crippen LogP contribution is -2.46. The fourth-order valence-electron chi connectivity index (χ4n) is 1.30. The number of halogens is 1. The van der Waals surface area contributed by atoms with E-state index in [2.05, 4.69) is 10.6 Å². The minimum atomic E-state index is -0.606. The van der Waals surface area contributed by atoms with Gasteiger partial charge in [0.1, 0.15) is 6.04 Å². The maximum absolute atomic E-state index is 11.9. The smallest absolute Gasteiger partial charge is 0.246 e. The quantitative estimate of drug-likeness (QED) is 0.896. The van der Waals surface area contributed by atoms with Crippen LogP contribution < -0.4 is 10.6 Å². The number of anilines is 1. The van der Waals surface area contributed by atoms with Crippen LogP contribution in [0.3, 0.4) is 0 Å². The summed E-state index contributed by atoms with van der Waals surface area (Å²) in [4.78, 5) is 23.7. The van der Waals surface area contributed by atoms with Gasteiger partial charge in [-0.1, -0.05) is 38.4 Å². The van der Waals surface area contributed by atoms with Gasteiger partial charge in [-0.25, -0.2) is 0 Å². The maximum Gasteiger partial charge on any atom is 0.246 e. The van der Waals surface area contributed by atoms with Gasteiger partial charge in [-0.15, -0.1) is 0 Å². The Morgan fingerprint density at radius 2 is 1.89 bits per heavy atom. The zero-order chi connectivity index (χ0) is 14.6. The summed E-state index contributed by atoms with van der Waals surface area (Å²) in [6.45, 7) is 7.03. The number of carbonyl (C=O) groups excluding carboxylic acids is 2. The topological polar surface area (TPSA) is 58.2 Å². The van der Waals surface area contributed by atoms with Crippen LogP contribution in [0.15, 0.2) is 24.3 Å². The number of carbonyl (C=O) groups is 2. The van der Waals surface area contributed by atoms with Crippen molar-refractivity contribution in [3.05, 3.63) is 29.3 Å². The number of benzene rings is 1. The van der Waals surface area contributed by atoms with Gasteiger partial charge in [0.25, 0.3) is 0 Å². The third-order valence-electron chi connectivity index (χ3n) is 2.51. The minimum Gasteiger partial charge on any atom is -0.344 e. The first-order valence-electron chi connectivity index (χ1n) is 6.07. The molecule has 1 aromatic rings. The lowest BCUT2D eigenvalue weighted by Gasteiger charge is -2.21. The van der Waals surface area contributed by atoms with Crippen LogP contribution in [0.25, 0.3) is 0 Å². The predicted molar refractivity (Wildman–Crippen MR) is 77.1 cm³/mol. The van der Waals surface area contributed by atoms with Gasteiger partial charge in [0.05, 0.1) is 0 Å². The Kier molecular flexibility index (Phi) is 4.95. The molecule has 0 heterocycles. The van der Waals surface area contributed by atoms with Crippen LogP contribution in [0.2, 0.25) is 5.02 Å². The monoisotopic (exact) mass is 282 g/mol. The predicted octanol–water partition coefficient (Wildman–Crippen LogP) is 2.83. The van der Waals surface area contributed by atoms with Crippen molar-refractivity contribution in [3.8, 4) is 0 Å². The zero-order valence-corrected chi connectivity index (χ0v) is 12.3. The van der Waals surface area contributed by atoms with E-state index in [9.17, 15) is 9.59 Å². The van der Waals surface area contributed by atoms with Crippen molar-refractivity contribution in [1.29, 1.82) is 0 Å². The number of nitrogens with one attached hydrogen (secondary N) is 2. The molecule has 0 aliphatic rings. The van der Waals surface area contributed by atoms with Gasteiger partial charge in [0.2, 0.25) is 11.8 Å². The first-order chi connectivity index (χ1) is 8.70. The molecule has 0 aliphatic heterocycles. The normalized spacial score (nSPS) is 12.7. The Bertz CT molecular complexity index is 481. The summed E-state index contributed by atoms with van der Waals surface area (Å²) in [5.41, 5.74) is 0.0827. The Morgan fingerprint density at radius 1 is 1.26 bits per heavy atom. The highest BCUT2D eigenvalue weighted by Gasteiger charge is 2.25. The molecule has 104 valence electrons. The summed E-state index contributed by atoms with van der Waals surface area (Å²) < 4.78 is 0. The first kappa shape index (κ1) is 15.5. The lowest BCUT2D eigenvalue weighted by molar-refractivity contribution is -0.131. The van der Waals surface area contributed by atoms with E-state index in [1.54, 1.807) is 52.0 Å². The van der Waals surface area contributed by atoms with Crippen molar-refractivity contribution in [2.24, 2.45) is 5.41 Å². The van der Waals surface area contributed by atoms with Gasteiger partial charge >= 0.3 is 0 Å². The van der Waals surface area contributed by atoms with Gasteiger partial charge in [0.15, 0.2) is 0 Å². The van der Waals surface area contributed by atoms with Crippen LogP contribution in [0.5, 0.6) is 0 Å². The molecule has 0 radical (unpaired) electrons. The van der Waals surface area contributed by atoms with Crippen molar-refractivity contribution >= 4 is 29.1 Å². The molecule has 2 N–H and O–H groups in total. The number of hydrogen-bond donors (Lipinski definition) is 2. The average molecular weight is 283 g/mol. The highest BCUT2D eigenvalue weighted by molar-refractivity contribution is 6.30. The lowest BCUT2D eigenvalue weighted by atomic mass is 9.95. The Labute approximate surface area is 118 Å². The molecule has 4 nitrogen and oxygen atoms in total. The highest BCUT2D eigenvalue weighted by Crippen LogP contribution is 2.16. The summed E-state index contributed by atoms with van der Waals surface area (Å²) in [7, 11) is 0. The van der Waals surface area contributed by atoms with Gasteiger partial charge in [-0.05, 0) is 25.1 Å². The molecule has 0 saturated carbocycles. The summed E-state index contributed by atoms with van der Waals surface area (Å²) in [5, 5.41) is 5.92. The van der Waals surface area contributed by atoms with E-state index in [-0.39, 0.29) is 11.8 Å². The van der Waals surface area contributed by atoms with E-state index in [0.717, 1.165) is 0 Å².